The van der Waals surface area contributed by atoms with Crippen LogP contribution in [0.4, 0.5) is 0 Å². The standard InChI is InChI=1S/C16H15N3O2S/c1-10-14(17-16(21-10)12-6-7-22-9-12)8-19-15(20)5-4-13(18-19)11-2-3-11/h4-7,9,11H,2-3,8H2,1H3. The SMILES string of the molecule is Cc1oc(-c2ccsc2)nc1Cn1nc(C2CC2)ccc1=O. The van der Waals surface area contributed by atoms with Gasteiger partial charge < -0.3 is 4.42 Å². The average molecular weight is 313 g/mol. The third kappa shape index (κ3) is 2.50. The molecule has 22 heavy (non-hydrogen) atoms. The van der Waals surface area contributed by atoms with E-state index in [4.69, 9.17) is 4.42 Å². The third-order valence-electron chi connectivity index (χ3n) is 3.84. The maximum Gasteiger partial charge on any atom is 0.267 e. The van der Waals surface area contributed by atoms with Crippen molar-refractivity contribution in [3.8, 4) is 11.5 Å². The average Bonchev–Trinajstić information content (AvgIpc) is 3.08. The van der Waals surface area contributed by atoms with Crippen molar-refractivity contribution >= 4 is 11.3 Å². The van der Waals surface area contributed by atoms with Crippen LogP contribution in [0.2, 0.25) is 0 Å². The molecule has 0 radical (unpaired) electrons. The van der Waals surface area contributed by atoms with E-state index in [1.54, 1.807) is 17.4 Å². The van der Waals surface area contributed by atoms with Crippen molar-refractivity contribution in [2.45, 2.75) is 32.2 Å². The molecule has 1 aliphatic carbocycles. The minimum Gasteiger partial charge on any atom is -0.441 e. The van der Waals surface area contributed by atoms with Gasteiger partial charge in [0, 0.05) is 22.9 Å². The van der Waals surface area contributed by atoms with Crippen LogP contribution in [0, 0.1) is 6.92 Å². The molecule has 3 aromatic heterocycles. The largest absolute Gasteiger partial charge is 0.441 e. The second kappa shape index (κ2) is 5.21. The number of aryl methyl sites for hydroxylation is 1. The number of hydrogen-bond donors (Lipinski definition) is 0. The first-order chi connectivity index (χ1) is 10.7. The highest BCUT2D eigenvalue weighted by molar-refractivity contribution is 7.08. The molecule has 0 bridgehead atoms. The highest BCUT2D eigenvalue weighted by atomic mass is 32.1. The molecule has 1 saturated carbocycles. The fourth-order valence-electron chi connectivity index (χ4n) is 2.40. The highest BCUT2D eigenvalue weighted by Crippen LogP contribution is 2.38. The maximum atomic E-state index is 12.0. The topological polar surface area (TPSA) is 60.9 Å². The van der Waals surface area contributed by atoms with E-state index in [2.05, 4.69) is 10.1 Å². The maximum absolute atomic E-state index is 12.0. The van der Waals surface area contributed by atoms with Crippen LogP contribution in [-0.4, -0.2) is 14.8 Å². The van der Waals surface area contributed by atoms with Crippen LogP contribution in [0.3, 0.4) is 0 Å². The lowest BCUT2D eigenvalue weighted by molar-refractivity contribution is 0.533. The summed E-state index contributed by atoms with van der Waals surface area (Å²) in [5.74, 6) is 1.85. The second-order valence-corrected chi connectivity index (χ2v) is 6.34. The zero-order valence-electron chi connectivity index (χ0n) is 12.2. The van der Waals surface area contributed by atoms with Crippen LogP contribution < -0.4 is 5.56 Å². The molecule has 4 rings (SSSR count). The van der Waals surface area contributed by atoms with Gasteiger partial charge in [0.15, 0.2) is 0 Å². The minimum atomic E-state index is -0.108. The van der Waals surface area contributed by atoms with Crippen molar-refractivity contribution in [1.29, 1.82) is 0 Å². The number of thiophene rings is 1. The van der Waals surface area contributed by atoms with Gasteiger partial charge >= 0.3 is 0 Å². The lowest BCUT2D eigenvalue weighted by Crippen LogP contribution is -2.24. The fourth-order valence-corrected chi connectivity index (χ4v) is 3.03. The van der Waals surface area contributed by atoms with E-state index >= 15 is 0 Å². The minimum absolute atomic E-state index is 0.108. The summed E-state index contributed by atoms with van der Waals surface area (Å²) in [6.45, 7) is 2.22. The smallest absolute Gasteiger partial charge is 0.267 e. The zero-order valence-corrected chi connectivity index (χ0v) is 13.0. The monoisotopic (exact) mass is 313 g/mol. The van der Waals surface area contributed by atoms with Gasteiger partial charge in [0.25, 0.3) is 5.56 Å². The normalized spacial score (nSPS) is 14.4. The van der Waals surface area contributed by atoms with Gasteiger partial charge in [-0.3, -0.25) is 4.79 Å². The Bertz CT molecular complexity index is 860. The van der Waals surface area contributed by atoms with E-state index in [0.29, 0.717) is 18.4 Å². The Morgan fingerprint density at radius 1 is 1.36 bits per heavy atom. The van der Waals surface area contributed by atoms with E-state index in [1.807, 2.05) is 29.8 Å². The van der Waals surface area contributed by atoms with Crippen molar-refractivity contribution in [3.05, 3.63) is 56.5 Å². The first-order valence-corrected chi connectivity index (χ1v) is 8.22. The Hall–Kier alpha value is -2.21. The Morgan fingerprint density at radius 3 is 2.95 bits per heavy atom. The lowest BCUT2D eigenvalue weighted by atomic mass is 10.3. The second-order valence-electron chi connectivity index (χ2n) is 5.56. The summed E-state index contributed by atoms with van der Waals surface area (Å²) < 4.78 is 7.20. The molecular weight excluding hydrogens is 298 g/mol. The summed E-state index contributed by atoms with van der Waals surface area (Å²) in [7, 11) is 0. The number of aromatic nitrogens is 3. The summed E-state index contributed by atoms with van der Waals surface area (Å²) in [4.78, 5) is 16.5. The van der Waals surface area contributed by atoms with Crippen LogP contribution >= 0.6 is 11.3 Å². The van der Waals surface area contributed by atoms with Crippen LogP contribution in [0.15, 0.2) is 38.2 Å². The van der Waals surface area contributed by atoms with Gasteiger partial charge in [-0.05, 0) is 37.3 Å². The van der Waals surface area contributed by atoms with Crippen molar-refractivity contribution in [1.82, 2.24) is 14.8 Å². The molecule has 0 N–H and O–H groups in total. The van der Waals surface area contributed by atoms with Gasteiger partial charge in [-0.1, -0.05) is 0 Å². The quantitative estimate of drug-likeness (QED) is 0.742. The first-order valence-electron chi connectivity index (χ1n) is 7.27. The molecule has 3 heterocycles. The van der Waals surface area contributed by atoms with Crippen LogP contribution in [-0.2, 0) is 6.54 Å². The number of rotatable bonds is 4. The van der Waals surface area contributed by atoms with Gasteiger partial charge in [0.1, 0.15) is 11.5 Å². The van der Waals surface area contributed by atoms with E-state index < -0.39 is 0 Å². The summed E-state index contributed by atoms with van der Waals surface area (Å²) in [6.07, 6.45) is 2.33. The number of nitrogens with zero attached hydrogens (tertiary/aromatic N) is 3. The van der Waals surface area contributed by atoms with E-state index in [9.17, 15) is 4.79 Å². The van der Waals surface area contributed by atoms with Gasteiger partial charge in [-0.15, -0.1) is 0 Å². The Labute approximate surface area is 131 Å². The zero-order chi connectivity index (χ0) is 15.1. The van der Waals surface area contributed by atoms with Crippen molar-refractivity contribution < 1.29 is 4.42 Å². The first kappa shape index (κ1) is 13.5. The van der Waals surface area contributed by atoms with E-state index in [1.165, 1.54) is 4.68 Å². The molecule has 0 saturated heterocycles. The molecule has 6 heteroatoms. The van der Waals surface area contributed by atoms with Gasteiger partial charge in [0.05, 0.1) is 12.2 Å². The van der Waals surface area contributed by atoms with Gasteiger partial charge in [-0.25, -0.2) is 9.67 Å². The summed E-state index contributed by atoms with van der Waals surface area (Å²) >= 11 is 1.60. The Kier molecular flexibility index (Phi) is 3.18. The molecule has 0 amide bonds. The van der Waals surface area contributed by atoms with Crippen LogP contribution in [0.1, 0.15) is 35.9 Å². The van der Waals surface area contributed by atoms with E-state index in [0.717, 1.165) is 35.6 Å². The molecule has 112 valence electrons. The fraction of sp³-hybridized carbons (Fsp3) is 0.312. The van der Waals surface area contributed by atoms with Gasteiger partial charge in [0.2, 0.25) is 5.89 Å². The number of hydrogen-bond acceptors (Lipinski definition) is 5. The van der Waals surface area contributed by atoms with Crippen LogP contribution in [0.5, 0.6) is 0 Å². The predicted molar refractivity (Wildman–Crippen MR) is 84.1 cm³/mol. The van der Waals surface area contributed by atoms with Crippen molar-refractivity contribution in [3.63, 3.8) is 0 Å². The molecule has 0 aromatic carbocycles. The predicted octanol–water partition coefficient (Wildman–Crippen LogP) is 3.19. The molecule has 0 unspecified atom stereocenters. The Morgan fingerprint density at radius 2 is 2.23 bits per heavy atom. The van der Waals surface area contributed by atoms with Crippen LogP contribution in [0.25, 0.3) is 11.5 Å². The third-order valence-corrected chi connectivity index (χ3v) is 4.53. The van der Waals surface area contributed by atoms with Crippen molar-refractivity contribution in [2.75, 3.05) is 0 Å². The molecular formula is C16H15N3O2S. The molecule has 1 aliphatic rings. The molecule has 1 fully saturated rings. The summed E-state index contributed by atoms with van der Waals surface area (Å²) in [6, 6.07) is 5.40. The van der Waals surface area contributed by atoms with Gasteiger partial charge in [-0.2, -0.15) is 16.4 Å². The van der Waals surface area contributed by atoms with E-state index in [-0.39, 0.29) is 5.56 Å². The molecule has 5 nitrogen and oxygen atoms in total. The molecule has 3 aromatic rings. The molecule has 0 aliphatic heterocycles. The summed E-state index contributed by atoms with van der Waals surface area (Å²) in [5, 5.41) is 8.45. The van der Waals surface area contributed by atoms with Crippen molar-refractivity contribution in [2.24, 2.45) is 0 Å². The highest BCUT2D eigenvalue weighted by Gasteiger charge is 2.25. The molecule has 0 spiro atoms. The lowest BCUT2D eigenvalue weighted by Gasteiger charge is -2.04. The molecule has 0 atom stereocenters. The summed E-state index contributed by atoms with van der Waals surface area (Å²) in [5.41, 5.74) is 2.61. The Balaban J connectivity index is 1.66. The number of oxazole rings is 1.